The molecule has 3 rings (SSSR count). The fraction of sp³-hybridized carbons (Fsp3) is 0.389. The van der Waals surface area contributed by atoms with Crippen molar-refractivity contribution in [3.05, 3.63) is 41.3 Å². The Bertz CT molecular complexity index is 858. The molecule has 2 heterocycles. The van der Waals surface area contributed by atoms with Crippen molar-refractivity contribution >= 4 is 16.9 Å². The van der Waals surface area contributed by atoms with Crippen LogP contribution < -0.4 is 5.32 Å². The van der Waals surface area contributed by atoms with Gasteiger partial charge in [-0.3, -0.25) is 0 Å². The van der Waals surface area contributed by atoms with Gasteiger partial charge in [-0.25, -0.2) is 14.6 Å². The van der Waals surface area contributed by atoms with Gasteiger partial charge in [0.25, 0.3) is 0 Å². The predicted molar refractivity (Wildman–Crippen MR) is 97.2 cm³/mol. The number of hydrogen-bond acceptors (Lipinski definition) is 6. The third-order valence-electron chi connectivity index (χ3n) is 3.90. The number of nitrogens with one attached hydrogen (secondary N) is 1. The Kier molecular flexibility index (Phi) is 5.25. The van der Waals surface area contributed by atoms with Gasteiger partial charge in [0.15, 0.2) is 11.5 Å². The van der Waals surface area contributed by atoms with Crippen LogP contribution in [0.25, 0.3) is 16.7 Å². The Balaban J connectivity index is 2.14. The molecule has 0 atom stereocenters. The van der Waals surface area contributed by atoms with Crippen LogP contribution in [0.1, 0.15) is 17.1 Å². The molecular formula is C18H23N5O2. The molecule has 132 valence electrons. The highest BCUT2D eigenvalue weighted by molar-refractivity contribution is 5.90. The summed E-state index contributed by atoms with van der Waals surface area (Å²) in [4.78, 5) is 9.25. The molecule has 0 saturated heterocycles. The van der Waals surface area contributed by atoms with Crippen LogP contribution in [0.3, 0.4) is 0 Å². The van der Waals surface area contributed by atoms with Gasteiger partial charge in [-0.05, 0) is 26.0 Å². The summed E-state index contributed by atoms with van der Waals surface area (Å²) in [5, 5.41) is 8.91. The third-order valence-corrected chi connectivity index (χ3v) is 3.90. The van der Waals surface area contributed by atoms with Crippen molar-refractivity contribution in [3.63, 3.8) is 0 Å². The van der Waals surface area contributed by atoms with E-state index in [2.05, 4.69) is 39.4 Å². The fourth-order valence-corrected chi connectivity index (χ4v) is 2.69. The normalized spacial score (nSPS) is 11.2. The Morgan fingerprint density at radius 2 is 1.80 bits per heavy atom. The summed E-state index contributed by atoms with van der Waals surface area (Å²) in [7, 11) is 3.31. The lowest BCUT2D eigenvalue weighted by molar-refractivity contribution is 0.178. The van der Waals surface area contributed by atoms with E-state index in [1.165, 1.54) is 5.56 Å². The van der Waals surface area contributed by atoms with E-state index in [4.69, 9.17) is 9.47 Å². The van der Waals surface area contributed by atoms with Gasteiger partial charge in [-0.15, -0.1) is 0 Å². The highest BCUT2D eigenvalue weighted by Gasteiger charge is 2.17. The van der Waals surface area contributed by atoms with E-state index < -0.39 is 0 Å². The van der Waals surface area contributed by atoms with Crippen molar-refractivity contribution in [3.8, 4) is 5.69 Å². The first kappa shape index (κ1) is 17.3. The van der Waals surface area contributed by atoms with Crippen LogP contribution in [-0.4, -0.2) is 47.1 Å². The van der Waals surface area contributed by atoms with Crippen LogP contribution in [-0.2, 0) is 16.1 Å². The van der Waals surface area contributed by atoms with E-state index in [-0.39, 0.29) is 0 Å². The summed E-state index contributed by atoms with van der Waals surface area (Å²) < 4.78 is 12.2. The fourth-order valence-electron chi connectivity index (χ4n) is 2.69. The molecule has 0 bridgehead atoms. The maximum Gasteiger partial charge on any atom is 0.169 e. The minimum Gasteiger partial charge on any atom is -0.383 e. The zero-order valence-corrected chi connectivity index (χ0v) is 15.0. The Labute approximate surface area is 147 Å². The SMILES string of the molecule is COCCNc1nc(COC)nc2c1c(C)nn2-c1ccc(C)cc1. The molecule has 0 radical (unpaired) electrons. The Morgan fingerprint density at radius 3 is 2.48 bits per heavy atom. The van der Waals surface area contributed by atoms with Crippen molar-refractivity contribution in [2.45, 2.75) is 20.5 Å². The molecule has 3 aromatic rings. The second-order valence-electron chi connectivity index (χ2n) is 5.87. The zero-order valence-electron chi connectivity index (χ0n) is 15.0. The first-order valence-electron chi connectivity index (χ1n) is 8.19. The van der Waals surface area contributed by atoms with Crippen LogP contribution in [0.2, 0.25) is 0 Å². The van der Waals surface area contributed by atoms with Crippen LogP contribution >= 0.6 is 0 Å². The molecule has 7 heteroatoms. The predicted octanol–water partition coefficient (Wildman–Crippen LogP) is 2.64. The lowest BCUT2D eigenvalue weighted by atomic mass is 10.2. The summed E-state index contributed by atoms with van der Waals surface area (Å²) in [5.74, 6) is 1.37. The van der Waals surface area contributed by atoms with Gasteiger partial charge in [0.1, 0.15) is 12.4 Å². The molecule has 1 aromatic carbocycles. The number of methoxy groups -OCH3 is 2. The monoisotopic (exact) mass is 341 g/mol. The number of ether oxygens (including phenoxy) is 2. The van der Waals surface area contributed by atoms with Crippen LogP contribution in [0.5, 0.6) is 0 Å². The molecule has 0 aliphatic heterocycles. The number of hydrogen-bond donors (Lipinski definition) is 1. The Hall–Kier alpha value is -2.51. The first-order valence-corrected chi connectivity index (χ1v) is 8.19. The minimum atomic E-state index is 0.340. The average molecular weight is 341 g/mol. The first-order chi connectivity index (χ1) is 12.1. The summed E-state index contributed by atoms with van der Waals surface area (Å²) in [6.45, 7) is 5.62. The molecule has 0 aliphatic carbocycles. The number of fused-ring (bicyclic) bond motifs is 1. The molecule has 0 aliphatic rings. The number of aromatic nitrogens is 4. The third kappa shape index (κ3) is 3.62. The standard InChI is InChI=1S/C18H23N5O2/c1-12-5-7-14(8-6-12)23-18-16(13(2)22-23)17(19-9-10-24-3)20-15(21-18)11-25-4/h5-8H,9-11H2,1-4H3,(H,19,20,21). The topological polar surface area (TPSA) is 74.1 Å². The van der Waals surface area contributed by atoms with Crippen molar-refractivity contribution in [1.29, 1.82) is 0 Å². The second-order valence-corrected chi connectivity index (χ2v) is 5.87. The molecule has 0 amide bonds. The van der Waals surface area contributed by atoms with Gasteiger partial charge in [-0.2, -0.15) is 5.10 Å². The van der Waals surface area contributed by atoms with E-state index in [1.54, 1.807) is 14.2 Å². The van der Waals surface area contributed by atoms with E-state index in [0.29, 0.717) is 25.6 Å². The number of aryl methyl sites for hydroxylation is 2. The van der Waals surface area contributed by atoms with E-state index >= 15 is 0 Å². The maximum absolute atomic E-state index is 5.22. The number of anilines is 1. The van der Waals surface area contributed by atoms with E-state index in [0.717, 1.165) is 28.2 Å². The second kappa shape index (κ2) is 7.58. The lowest BCUT2D eigenvalue weighted by Crippen LogP contribution is -2.11. The van der Waals surface area contributed by atoms with Gasteiger partial charge in [0, 0.05) is 20.8 Å². The Morgan fingerprint density at radius 1 is 1.04 bits per heavy atom. The van der Waals surface area contributed by atoms with Gasteiger partial charge >= 0.3 is 0 Å². The molecular weight excluding hydrogens is 318 g/mol. The molecule has 0 fully saturated rings. The van der Waals surface area contributed by atoms with Crippen molar-refractivity contribution in [1.82, 2.24) is 19.7 Å². The number of rotatable bonds is 7. The van der Waals surface area contributed by atoms with Crippen LogP contribution in [0.15, 0.2) is 24.3 Å². The smallest absolute Gasteiger partial charge is 0.169 e. The van der Waals surface area contributed by atoms with Gasteiger partial charge in [0.2, 0.25) is 0 Å². The van der Waals surface area contributed by atoms with Crippen LogP contribution in [0.4, 0.5) is 5.82 Å². The summed E-state index contributed by atoms with van der Waals surface area (Å²) in [6, 6.07) is 8.20. The van der Waals surface area contributed by atoms with Crippen molar-refractivity contribution < 1.29 is 9.47 Å². The van der Waals surface area contributed by atoms with Crippen LogP contribution in [0, 0.1) is 13.8 Å². The highest BCUT2D eigenvalue weighted by atomic mass is 16.5. The molecule has 25 heavy (non-hydrogen) atoms. The minimum absolute atomic E-state index is 0.340. The van der Waals surface area contributed by atoms with Gasteiger partial charge in [0.05, 0.1) is 23.4 Å². The molecule has 1 N–H and O–H groups in total. The van der Waals surface area contributed by atoms with E-state index in [9.17, 15) is 0 Å². The summed E-state index contributed by atoms with van der Waals surface area (Å²) >= 11 is 0. The van der Waals surface area contributed by atoms with Gasteiger partial charge in [-0.1, -0.05) is 17.7 Å². The van der Waals surface area contributed by atoms with Crippen molar-refractivity contribution in [2.75, 3.05) is 32.7 Å². The lowest BCUT2D eigenvalue weighted by Gasteiger charge is -2.09. The summed E-state index contributed by atoms with van der Waals surface area (Å²) in [5.41, 5.74) is 3.81. The number of benzene rings is 1. The van der Waals surface area contributed by atoms with Crippen molar-refractivity contribution in [2.24, 2.45) is 0 Å². The molecule has 7 nitrogen and oxygen atoms in total. The highest BCUT2D eigenvalue weighted by Crippen LogP contribution is 2.26. The molecule has 0 unspecified atom stereocenters. The quantitative estimate of drug-likeness (QED) is 0.666. The van der Waals surface area contributed by atoms with E-state index in [1.807, 2.05) is 23.7 Å². The number of nitrogens with zero attached hydrogens (tertiary/aromatic N) is 4. The summed E-state index contributed by atoms with van der Waals surface area (Å²) in [6.07, 6.45) is 0. The molecule has 0 spiro atoms. The average Bonchev–Trinajstić information content (AvgIpc) is 2.93. The molecule has 2 aromatic heterocycles. The largest absolute Gasteiger partial charge is 0.383 e. The molecule has 0 saturated carbocycles. The maximum atomic E-state index is 5.22. The zero-order chi connectivity index (χ0) is 17.8. The van der Waals surface area contributed by atoms with Gasteiger partial charge < -0.3 is 14.8 Å².